The molecule has 0 radical (unpaired) electrons. The molecular weight excluding hydrogens is 394 g/mol. The largest absolute Gasteiger partial charge is 0.354 e. The van der Waals surface area contributed by atoms with E-state index in [1.54, 1.807) is 0 Å². The first-order valence-corrected chi connectivity index (χ1v) is 11.3. The van der Waals surface area contributed by atoms with Gasteiger partial charge in [-0.2, -0.15) is 0 Å². The minimum atomic E-state index is 0.104. The van der Waals surface area contributed by atoms with Gasteiger partial charge < -0.3 is 14.7 Å². The Morgan fingerprint density at radius 3 is 2.50 bits per heavy atom. The van der Waals surface area contributed by atoms with Crippen molar-refractivity contribution in [1.29, 1.82) is 0 Å². The average Bonchev–Trinajstić information content (AvgIpc) is 3.34. The number of likely N-dealkylation sites (N-methyl/N-ethyl adjacent to an activating group) is 1. The quantitative estimate of drug-likeness (QED) is 0.653. The summed E-state index contributed by atoms with van der Waals surface area (Å²) in [6.07, 6.45) is 0.759. The first-order chi connectivity index (χ1) is 14.7. The minimum absolute atomic E-state index is 0.104. The molecule has 0 atom stereocenters. The molecule has 0 N–H and O–H groups in total. The zero-order valence-electron chi connectivity index (χ0n) is 17.1. The number of nitrogens with zero attached hydrogens (tertiary/aromatic N) is 5. The molecular formula is C23H25N5OS. The van der Waals surface area contributed by atoms with Gasteiger partial charge >= 0.3 is 0 Å². The van der Waals surface area contributed by atoms with Crippen LogP contribution in [0, 0.1) is 0 Å². The molecule has 4 heterocycles. The number of aromatic nitrogens is 2. The highest BCUT2D eigenvalue weighted by molar-refractivity contribution is 7.12. The van der Waals surface area contributed by atoms with Crippen LogP contribution in [0.3, 0.4) is 0 Å². The van der Waals surface area contributed by atoms with Crippen LogP contribution >= 0.6 is 11.3 Å². The molecule has 30 heavy (non-hydrogen) atoms. The Kier molecular flexibility index (Phi) is 5.23. The third-order valence-corrected chi connectivity index (χ3v) is 6.75. The van der Waals surface area contributed by atoms with Gasteiger partial charge in [-0.1, -0.05) is 36.4 Å². The molecule has 2 aliphatic rings. The van der Waals surface area contributed by atoms with Crippen LogP contribution in [-0.2, 0) is 13.0 Å². The molecule has 0 aliphatic carbocycles. The zero-order chi connectivity index (χ0) is 20.5. The standard InChI is InChI=1S/C23H25N5OS/c1-26-11-13-27(14-12-26)22-18-16-28(23(29)20-8-5-15-30-20)10-9-19(18)24-21(25-22)17-6-3-2-4-7-17/h2-8,15H,9-14,16H2,1H3. The fourth-order valence-electron chi connectivity index (χ4n) is 4.12. The van der Waals surface area contributed by atoms with E-state index < -0.39 is 0 Å². The van der Waals surface area contributed by atoms with Crippen molar-refractivity contribution in [3.05, 3.63) is 64.0 Å². The Bertz CT molecular complexity index is 1030. The molecule has 2 aromatic heterocycles. The summed E-state index contributed by atoms with van der Waals surface area (Å²) in [7, 11) is 2.16. The van der Waals surface area contributed by atoms with Gasteiger partial charge in [0.25, 0.3) is 5.91 Å². The van der Waals surface area contributed by atoms with Crippen molar-refractivity contribution in [1.82, 2.24) is 19.8 Å². The lowest BCUT2D eigenvalue weighted by Crippen LogP contribution is -2.46. The fourth-order valence-corrected chi connectivity index (χ4v) is 4.81. The first-order valence-electron chi connectivity index (χ1n) is 10.4. The summed E-state index contributed by atoms with van der Waals surface area (Å²) in [6, 6.07) is 14.0. The summed E-state index contributed by atoms with van der Waals surface area (Å²) in [6.45, 7) is 5.16. The van der Waals surface area contributed by atoms with Crippen molar-refractivity contribution < 1.29 is 4.79 Å². The Labute approximate surface area is 180 Å². The highest BCUT2D eigenvalue weighted by Gasteiger charge is 2.29. The van der Waals surface area contributed by atoms with Crippen LogP contribution in [0.1, 0.15) is 20.9 Å². The second kappa shape index (κ2) is 8.16. The summed E-state index contributed by atoms with van der Waals surface area (Å²) < 4.78 is 0. The summed E-state index contributed by atoms with van der Waals surface area (Å²) in [5.74, 6) is 1.88. The minimum Gasteiger partial charge on any atom is -0.354 e. The number of rotatable bonds is 3. The number of fused-ring (bicyclic) bond motifs is 1. The maximum atomic E-state index is 13.0. The predicted octanol–water partition coefficient (Wildman–Crippen LogP) is 3.16. The van der Waals surface area contributed by atoms with Crippen LogP contribution in [0.2, 0.25) is 0 Å². The molecule has 1 saturated heterocycles. The SMILES string of the molecule is CN1CCN(c2nc(-c3ccccc3)nc3c2CN(C(=O)c2cccs2)CC3)CC1. The molecule has 2 aliphatic heterocycles. The molecule has 1 aromatic carbocycles. The molecule has 0 saturated carbocycles. The molecule has 5 rings (SSSR count). The number of anilines is 1. The molecule has 0 spiro atoms. The Hall–Kier alpha value is -2.77. The Balaban J connectivity index is 1.53. The van der Waals surface area contributed by atoms with Crippen LogP contribution in [0.5, 0.6) is 0 Å². The lowest BCUT2D eigenvalue weighted by Gasteiger charge is -2.37. The Morgan fingerprint density at radius 1 is 0.967 bits per heavy atom. The topological polar surface area (TPSA) is 52.6 Å². The molecule has 154 valence electrons. The van der Waals surface area contributed by atoms with Crippen molar-refractivity contribution >= 4 is 23.1 Å². The number of carbonyl (C=O) groups excluding carboxylic acids is 1. The van der Waals surface area contributed by atoms with Gasteiger partial charge in [0, 0.05) is 50.3 Å². The van der Waals surface area contributed by atoms with Gasteiger partial charge in [0.2, 0.25) is 0 Å². The number of piperazine rings is 1. The maximum Gasteiger partial charge on any atom is 0.264 e. The summed E-state index contributed by atoms with van der Waals surface area (Å²) in [5, 5.41) is 1.95. The number of benzene rings is 1. The van der Waals surface area contributed by atoms with Crippen molar-refractivity contribution in [2.24, 2.45) is 0 Å². The van der Waals surface area contributed by atoms with Crippen LogP contribution in [0.15, 0.2) is 47.8 Å². The van der Waals surface area contributed by atoms with Gasteiger partial charge in [0.1, 0.15) is 5.82 Å². The normalized spacial score (nSPS) is 17.1. The van der Waals surface area contributed by atoms with E-state index in [-0.39, 0.29) is 5.91 Å². The van der Waals surface area contributed by atoms with Crippen LogP contribution < -0.4 is 4.90 Å². The number of thiophene rings is 1. The smallest absolute Gasteiger partial charge is 0.264 e. The first kappa shape index (κ1) is 19.2. The van der Waals surface area contributed by atoms with E-state index in [1.807, 2.05) is 40.6 Å². The van der Waals surface area contributed by atoms with Crippen molar-refractivity contribution in [3.63, 3.8) is 0 Å². The molecule has 6 nitrogen and oxygen atoms in total. The lowest BCUT2D eigenvalue weighted by atomic mass is 10.0. The van der Waals surface area contributed by atoms with Gasteiger partial charge in [-0.3, -0.25) is 4.79 Å². The third-order valence-electron chi connectivity index (χ3n) is 5.89. The molecule has 1 fully saturated rings. The highest BCUT2D eigenvalue weighted by Crippen LogP contribution is 2.31. The van der Waals surface area contributed by atoms with Gasteiger partial charge in [-0.15, -0.1) is 11.3 Å². The van der Waals surface area contributed by atoms with E-state index in [4.69, 9.17) is 9.97 Å². The van der Waals surface area contributed by atoms with E-state index in [1.165, 1.54) is 11.3 Å². The fraction of sp³-hybridized carbons (Fsp3) is 0.348. The monoisotopic (exact) mass is 419 g/mol. The van der Waals surface area contributed by atoms with Gasteiger partial charge in [-0.25, -0.2) is 9.97 Å². The molecule has 1 amide bonds. The summed E-state index contributed by atoms with van der Waals surface area (Å²) >= 11 is 1.50. The molecule has 3 aromatic rings. The summed E-state index contributed by atoms with van der Waals surface area (Å²) in [5.41, 5.74) is 3.22. The van der Waals surface area contributed by atoms with Crippen LogP contribution in [0.4, 0.5) is 5.82 Å². The second-order valence-electron chi connectivity index (χ2n) is 7.91. The van der Waals surface area contributed by atoms with Gasteiger partial charge in [0.15, 0.2) is 5.82 Å². The lowest BCUT2D eigenvalue weighted by molar-refractivity contribution is 0.0738. The number of carbonyl (C=O) groups is 1. The van der Waals surface area contributed by atoms with E-state index in [0.29, 0.717) is 13.1 Å². The second-order valence-corrected chi connectivity index (χ2v) is 8.85. The zero-order valence-corrected chi connectivity index (χ0v) is 17.9. The van der Waals surface area contributed by atoms with Crippen molar-refractivity contribution in [3.8, 4) is 11.4 Å². The molecule has 0 unspecified atom stereocenters. The van der Waals surface area contributed by atoms with E-state index in [9.17, 15) is 4.79 Å². The van der Waals surface area contributed by atoms with Gasteiger partial charge in [-0.05, 0) is 18.5 Å². The number of amides is 1. The van der Waals surface area contributed by atoms with Crippen molar-refractivity contribution in [2.75, 3.05) is 44.7 Å². The summed E-state index contributed by atoms with van der Waals surface area (Å²) in [4.78, 5) is 30.4. The van der Waals surface area contributed by atoms with E-state index in [2.05, 4.69) is 29.0 Å². The average molecular weight is 420 g/mol. The number of hydrogen-bond donors (Lipinski definition) is 0. The van der Waals surface area contributed by atoms with Crippen LogP contribution in [-0.4, -0.2) is 65.4 Å². The third kappa shape index (κ3) is 3.70. The molecule has 7 heteroatoms. The van der Waals surface area contributed by atoms with E-state index in [0.717, 1.165) is 65.9 Å². The van der Waals surface area contributed by atoms with Gasteiger partial charge in [0.05, 0.1) is 17.1 Å². The Morgan fingerprint density at radius 2 is 1.77 bits per heavy atom. The van der Waals surface area contributed by atoms with Crippen LogP contribution in [0.25, 0.3) is 11.4 Å². The molecule has 0 bridgehead atoms. The van der Waals surface area contributed by atoms with E-state index >= 15 is 0 Å². The number of hydrogen-bond acceptors (Lipinski definition) is 6. The predicted molar refractivity (Wildman–Crippen MR) is 120 cm³/mol. The highest BCUT2D eigenvalue weighted by atomic mass is 32.1. The van der Waals surface area contributed by atoms with Crippen molar-refractivity contribution in [2.45, 2.75) is 13.0 Å². The maximum absolute atomic E-state index is 13.0.